The van der Waals surface area contributed by atoms with Crippen molar-refractivity contribution >= 4 is 29.3 Å². The Hall–Kier alpha value is -1.80. The molecule has 0 fully saturated rings. The van der Waals surface area contributed by atoms with Crippen molar-refractivity contribution in [1.29, 1.82) is 0 Å². The number of nitrogens with one attached hydrogen (secondary N) is 1. The monoisotopic (exact) mass is 369 g/mol. The number of carbonyl (C=O) groups is 1. The van der Waals surface area contributed by atoms with Gasteiger partial charge in [0, 0.05) is 5.02 Å². The van der Waals surface area contributed by atoms with Crippen molar-refractivity contribution in [2.45, 2.75) is 31.5 Å². The van der Waals surface area contributed by atoms with E-state index in [-0.39, 0.29) is 17.2 Å². The number of amides is 1. The number of benzene rings is 1. The molecule has 2 aromatic rings. The van der Waals surface area contributed by atoms with Crippen molar-refractivity contribution in [3.05, 3.63) is 29.3 Å². The number of hydrogen-bond donors (Lipinski definition) is 1. The summed E-state index contributed by atoms with van der Waals surface area (Å²) >= 11 is 7.10. The normalized spacial score (nSPS) is 11.3. The van der Waals surface area contributed by atoms with Crippen LogP contribution in [0.15, 0.2) is 29.4 Å². The highest BCUT2D eigenvalue weighted by Crippen LogP contribution is 2.21. The lowest BCUT2D eigenvalue weighted by atomic mass is 10.1. The smallest absolute Gasteiger partial charge is 0.230 e. The maximum Gasteiger partial charge on any atom is 0.230 e. The summed E-state index contributed by atoms with van der Waals surface area (Å²) in [5.41, 5.74) is -0.227. The molecule has 2 rings (SSSR count). The molecule has 0 saturated heterocycles. The summed E-state index contributed by atoms with van der Waals surface area (Å²) in [6, 6.07) is 7.08. The van der Waals surface area contributed by atoms with Gasteiger partial charge < -0.3 is 10.1 Å². The minimum Gasteiger partial charge on any atom is -0.492 e. The maximum absolute atomic E-state index is 11.9. The average Bonchev–Trinajstić information content (AvgIpc) is 3.00. The van der Waals surface area contributed by atoms with E-state index < -0.39 is 0 Å². The molecule has 9 heteroatoms. The molecule has 1 aromatic heterocycles. The highest BCUT2D eigenvalue weighted by atomic mass is 35.5. The molecular formula is C15H20ClN5O2S. The van der Waals surface area contributed by atoms with Gasteiger partial charge in [0.2, 0.25) is 11.1 Å². The molecule has 0 unspecified atom stereocenters. The number of carbonyl (C=O) groups excluding carboxylic acids is 1. The summed E-state index contributed by atoms with van der Waals surface area (Å²) in [5, 5.41) is 15.6. The second-order valence-electron chi connectivity index (χ2n) is 5.99. The van der Waals surface area contributed by atoms with E-state index >= 15 is 0 Å². The zero-order chi connectivity index (χ0) is 17.6. The molecule has 0 spiro atoms. The van der Waals surface area contributed by atoms with Gasteiger partial charge in [0.25, 0.3) is 0 Å². The van der Waals surface area contributed by atoms with E-state index in [2.05, 4.69) is 20.8 Å². The van der Waals surface area contributed by atoms with E-state index in [4.69, 9.17) is 16.3 Å². The molecule has 1 N–H and O–H groups in total. The van der Waals surface area contributed by atoms with Crippen LogP contribution in [0, 0.1) is 0 Å². The van der Waals surface area contributed by atoms with Crippen LogP contribution in [-0.4, -0.2) is 45.0 Å². The molecule has 24 heavy (non-hydrogen) atoms. The Morgan fingerprint density at radius 1 is 1.33 bits per heavy atom. The molecule has 0 aliphatic rings. The first-order chi connectivity index (χ1) is 11.4. The number of thioether (sulfide) groups is 1. The first kappa shape index (κ1) is 18.5. The molecule has 0 radical (unpaired) electrons. The van der Waals surface area contributed by atoms with Gasteiger partial charge in [-0.3, -0.25) is 4.79 Å². The summed E-state index contributed by atoms with van der Waals surface area (Å²) in [7, 11) is 0. The lowest BCUT2D eigenvalue weighted by Crippen LogP contribution is -2.30. The third-order valence-electron chi connectivity index (χ3n) is 2.92. The van der Waals surface area contributed by atoms with Crippen LogP contribution < -0.4 is 10.1 Å². The Morgan fingerprint density at radius 2 is 2.04 bits per heavy atom. The van der Waals surface area contributed by atoms with Crippen molar-refractivity contribution in [1.82, 2.24) is 25.5 Å². The van der Waals surface area contributed by atoms with Crippen LogP contribution in [-0.2, 0) is 10.3 Å². The second kappa shape index (κ2) is 8.34. The summed E-state index contributed by atoms with van der Waals surface area (Å²) in [4.78, 5) is 11.9. The van der Waals surface area contributed by atoms with Crippen LogP contribution in [0.3, 0.4) is 0 Å². The number of ether oxygens (including phenoxy) is 1. The van der Waals surface area contributed by atoms with E-state index in [0.717, 1.165) is 0 Å². The lowest BCUT2D eigenvalue weighted by molar-refractivity contribution is -0.118. The average molecular weight is 370 g/mol. The summed E-state index contributed by atoms with van der Waals surface area (Å²) < 4.78 is 7.21. The lowest BCUT2D eigenvalue weighted by Gasteiger charge is -2.19. The molecular weight excluding hydrogens is 350 g/mol. The minimum atomic E-state index is -0.227. The molecule has 1 heterocycles. The first-order valence-electron chi connectivity index (χ1n) is 7.43. The predicted octanol–water partition coefficient (Wildman–Crippen LogP) is 2.37. The van der Waals surface area contributed by atoms with Gasteiger partial charge >= 0.3 is 0 Å². The topological polar surface area (TPSA) is 81.9 Å². The van der Waals surface area contributed by atoms with E-state index in [1.165, 1.54) is 11.8 Å². The first-order valence-corrected chi connectivity index (χ1v) is 8.79. The Balaban J connectivity index is 1.69. The number of hydrogen-bond acceptors (Lipinski definition) is 6. The maximum atomic E-state index is 11.9. The summed E-state index contributed by atoms with van der Waals surface area (Å²) in [6.45, 7) is 6.81. The zero-order valence-corrected chi connectivity index (χ0v) is 15.4. The molecule has 0 bridgehead atoms. The SMILES string of the molecule is CC(C)(C)n1nnnc1SCC(=O)NCCOc1ccc(Cl)cc1. The van der Waals surface area contributed by atoms with Gasteiger partial charge in [0.1, 0.15) is 12.4 Å². The summed E-state index contributed by atoms with van der Waals surface area (Å²) in [5.74, 6) is 0.868. The van der Waals surface area contributed by atoms with Gasteiger partial charge in [-0.2, -0.15) is 0 Å². The van der Waals surface area contributed by atoms with Gasteiger partial charge in [0.05, 0.1) is 17.8 Å². The molecule has 0 atom stereocenters. The molecule has 0 aliphatic heterocycles. The number of tetrazole rings is 1. The standard InChI is InChI=1S/C15H20ClN5O2S/c1-15(2,3)21-14(18-19-20-21)24-10-13(22)17-8-9-23-12-6-4-11(16)5-7-12/h4-7H,8-10H2,1-3H3,(H,17,22). The Kier molecular flexibility index (Phi) is 6.44. The number of halogens is 1. The van der Waals surface area contributed by atoms with E-state index in [1.807, 2.05) is 20.8 Å². The Morgan fingerprint density at radius 3 is 2.71 bits per heavy atom. The van der Waals surface area contributed by atoms with Crippen LogP contribution >= 0.6 is 23.4 Å². The Labute approximate surface area is 150 Å². The molecule has 7 nitrogen and oxygen atoms in total. The predicted molar refractivity (Wildman–Crippen MR) is 93.5 cm³/mol. The van der Waals surface area contributed by atoms with Crippen molar-refractivity contribution in [3.63, 3.8) is 0 Å². The minimum absolute atomic E-state index is 0.0943. The molecule has 0 aliphatic carbocycles. The van der Waals surface area contributed by atoms with Crippen molar-refractivity contribution < 1.29 is 9.53 Å². The molecule has 130 valence electrons. The van der Waals surface area contributed by atoms with Crippen LogP contribution in [0.4, 0.5) is 0 Å². The zero-order valence-electron chi connectivity index (χ0n) is 13.8. The third kappa shape index (κ3) is 5.68. The summed E-state index contributed by atoms with van der Waals surface area (Å²) in [6.07, 6.45) is 0. The van der Waals surface area contributed by atoms with Crippen LogP contribution in [0.2, 0.25) is 5.02 Å². The molecule has 0 saturated carbocycles. The van der Waals surface area contributed by atoms with E-state index in [9.17, 15) is 4.79 Å². The number of aromatic nitrogens is 4. The number of nitrogens with zero attached hydrogens (tertiary/aromatic N) is 4. The van der Waals surface area contributed by atoms with Crippen LogP contribution in [0.1, 0.15) is 20.8 Å². The van der Waals surface area contributed by atoms with Gasteiger partial charge in [-0.1, -0.05) is 23.4 Å². The fourth-order valence-electron chi connectivity index (χ4n) is 1.76. The fourth-order valence-corrected chi connectivity index (χ4v) is 2.78. The van der Waals surface area contributed by atoms with Gasteiger partial charge in [-0.15, -0.1) is 5.10 Å². The molecule has 1 aromatic carbocycles. The third-order valence-corrected chi connectivity index (χ3v) is 4.09. The van der Waals surface area contributed by atoms with E-state index in [0.29, 0.717) is 29.1 Å². The van der Waals surface area contributed by atoms with Crippen molar-refractivity contribution in [3.8, 4) is 5.75 Å². The van der Waals surface area contributed by atoms with Crippen LogP contribution in [0.25, 0.3) is 0 Å². The van der Waals surface area contributed by atoms with E-state index in [1.54, 1.807) is 28.9 Å². The molecule has 1 amide bonds. The largest absolute Gasteiger partial charge is 0.492 e. The fraction of sp³-hybridized carbons (Fsp3) is 0.467. The van der Waals surface area contributed by atoms with Gasteiger partial charge in [-0.25, -0.2) is 4.68 Å². The van der Waals surface area contributed by atoms with Crippen LogP contribution in [0.5, 0.6) is 5.75 Å². The highest BCUT2D eigenvalue weighted by Gasteiger charge is 2.20. The Bertz CT molecular complexity index is 669. The van der Waals surface area contributed by atoms with Gasteiger partial charge in [-0.05, 0) is 55.5 Å². The number of rotatable bonds is 7. The van der Waals surface area contributed by atoms with Gasteiger partial charge in [0.15, 0.2) is 0 Å². The van der Waals surface area contributed by atoms with Crippen molar-refractivity contribution in [2.24, 2.45) is 0 Å². The second-order valence-corrected chi connectivity index (χ2v) is 7.36. The highest BCUT2D eigenvalue weighted by molar-refractivity contribution is 7.99. The quantitative estimate of drug-likeness (QED) is 0.596. The van der Waals surface area contributed by atoms with Crippen molar-refractivity contribution in [2.75, 3.05) is 18.9 Å².